The molecule has 1 saturated heterocycles. The smallest absolute Gasteiger partial charge is 0.410 e. The molecule has 2 rings (SSSR count). The number of benzene rings is 1. The largest absolute Gasteiger partial charge is 0.465 e. The fraction of sp³-hybridized carbons (Fsp3) is 0.556. The number of hydrogen-bond donors (Lipinski definition) is 2. The number of hydrogen-bond acceptors (Lipinski definition) is 4. The van der Waals surface area contributed by atoms with Crippen LogP contribution in [-0.4, -0.2) is 63.0 Å². The Balaban J connectivity index is 2.05. The van der Waals surface area contributed by atoms with Crippen LogP contribution in [-0.2, 0) is 11.3 Å². The van der Waals surface area contributed by atoms with Crippen LogP contribution in [0, 0.1) is 0 Å². The molecule has 1 aromatic rings. The third kappa shape index (κ3) is 4.63. The van der Waals surface area contributed by atoms with E-state index >= 15 is 0 Å². The molecule has 7 heteroatoms. The van der Waals surface area contributed by atoms with Gasteiger partial charge in [0.05, 0.1) is 18.7 Å². The zero-order valence-electron chi connectivity index (χ0n) is 14.9. The number of carbonyl (C=O) groups excluding carboxylic acids is 1. The van der Waals surface area contributed by atoms with Crippen LogP contribution in [0.25, 0.3) is 0 Å². The monoisotopic (exact) mass is 350 g/mol. The third-order valence-corrected chi connectivity index (χ3v) is 4.34. The average molecular weight is 350 g/mol. The van der Waals surface area contributed by atoms with Crippen molar-refractivity contribution in [2.45, 2.75) is 51.4 Å². The van der Waals surface area contributed by atoms with Gasteiger partial charge in [-0.15, -0.1) is 0 Å². The minimum Gasteiger partial charge on any atom is -0.465 e. The van der Waals surface area contributed by atoms with Gasteiger partial charge in [0.2, 0.25) is 0 Å². The molecule has 1 fully saturated rings. The van der Waals surface area contributed by atoms with Crippen molar-refractivity contribution in [1.82, 2.24) is 9.80 Å². The van der Waals surface area contributed by atoms with E-state index in [9.17, 15) is 19.8 Å². The molecule has 25 heavy (non-hydrogen) atoms. The van der Waals surface area contributed by atoms with Gasteiger partial charge in [0.25, 0.3) is 0 Å². The first-order valence-corrected chi connectivity index (χ1v) is 8.34. The van der Waals surface area contributed by atoms with Gasteiger partial charge in [-0.1, -0.05) is 30.3 Å². The van der Waals surface area contributed by atoms with Crippen LogP contribution in [0.1, 0.15) is 32.8 Å². The van der Waals surface area contributed by atoms with Crippen LogP contribution in [0.2, 0.25) is 0 Å². The zero-order chi connectivity index (χ0) is 18.6. The molecule has 1 heterocycles. The lowest BCUT2D eigenvalue weighted by molar-refractivity contribution is 0.0655. The average Bonchev–Trinajstić information content (AvgIpc) is 2.95. The van der Waals surface area contributed by atoms with Crippen molar-refractivity contribution in [3.05, 3.63) is 35.9 Å². The lowest BCUT2D eigenvalue weighted by Crippen LogP contribution is -2.52. The molecule has 0 aromatic heterocycles. The minimum atomic E-state index is -1.03. The summed E-state index contributed by atoms with van der Waals surface area (Å²) in [6.07, 6.45) is -1.18. The molecule has 2 amide bonds. The van der Waals surface area contributed by atoms with Crippen LogP contribution in [0.15, 0.2) is 30.3 Å². The molecule has 0 unspecified atom stereocenters. The molecule has 2 atom stereocenters. The van der Waals surface area contributed by atoms with Gasteiger partial charge in [-0.3, -0.25) is 4.90 Å². The number of carboxylic acid groups (broad SMARTS) is 1. The van der Waals surface area contributed by atoms with Crippen molar-refractivity contribution in [3.63, 3.8) is 0 Å². The summed E-state index contributed by atoms with van der Waals surface area (Å²) in [5, 5.41) is 19.1. The lowest BCUT2D eigenvalue weighted by Gasteiger charge is -2.37. The maximum Gasteiger partial charge on any atom is 0.410 e. The van der Waals surface area contributed by atoms with Gasteiger partial charge in [0.1, 0.15) is 6.61 Å². The molecule has 0 bridgehead atoms. The Kier molecular flexibility index (Phi) is 5.89. The van der Waals surface area contributed by atoms with Gasteiger partial charge in [-0.05, 0) is 32.8 Å². The summed E-state index contributed by atoms with van der Waals surface area (Å²) in [7, 11) is 0. The number of aliphatic hydroxyl groups is 1. The molecule has 0 aliphatic carbocycles. The maximum atomic E-state index is 12.4. The fourth-order valence-corrected chi connectivity index (χ4v) is 3.27. The second-order valence-corrected chi connectivity index (χ2v) is 7.24. The van der Waals surface area contributed by atoms with Crippen molar-refractivity contribution < 1.29 is 24.5 Å². The van der Waals surface area contributed by atoms with Crippen LogP contribution in [0.3, 0.4) is 0 Å². The predicted molar refractivity (Wildman–Crippen MR) is 92.2 cm³/mol. The molecule has 0 radical (unpaired) electrons. The summed E-state index contributed by atoms with van der Waals surface area (Å²) >= 11 is 0. The number of ether oxygens (including phenoxy) is 1. The summed E-state index contributed by atoms with van der Waals surface area (Å²) < 4.78 is 5.33. The van der Waals surface area contributed by atoms with Gasteiger partial charge in [-0.25, -0.2) is 9.59 Å². The highest BCUT2D eigenvalue weighted by Crippen LogP contribution is 2.28. The van der Waals surface area contributed by atoms with Crippen molar-refractivity contribution in [2.75, 3.05) is 13.2 Å². The Hall–Kier alpha value is -2.28. The van der Waals surface area contributed by atoms with E-state index in [1.54, 1.807) is 0 Å². The summed E-state index contributed by atoms with van der Waals surface area (Å²) in [6.45, 7) is 5.56. The van der Waals surface area contributed by atoms with Gasteiger partial charge in [-0.2, -0.15) is 0 Å². The van der Waals surface area contributed by atoms with E-state index in [2.05, 4.69) is 0 Å². The number of rotatable bonds is 4. The van der Waals surface area contributed by atoms with E-state index in [-0.39, 0.29) is 25.8 Å². The second kappa shape index (κ2) is 7.74. The fourth-order valence-electron chi connectivity index (χ4n) is 3.27. The minimum absolute atomic E-state index is 0.140. The van der Waals surface area contributed by atoms with Gasteiger partial charge in [0, 0.05) is 12.1 Å². The van der Waals surface area contributed by atoms with Crippen molar-refractivity contribution in [1.29, 1.82) is 0 Å². The lowest BCUT2D eigenvalue weighted by atomic mass is 10.0. The Morgan fingerprint density at radius 1 is 1.28 bits per heavy atom. The SMILES string of the molecule is CC(C)(C)N(C(=O)O)[C@@H]1C[C@H](CO)N(C(=O)OCc2ccccc2)C1. The van der Waals surface area contributed by atoms with E-state index in [0.717, 1.165) is 5.56 Å². The predicted octanol–water partition coefficient (Wildman–Crippen LogP) is 2.54. The highest BCUT2D eigenvalue weighted by Gasteiger charge is 2.43. The highest BCUT2D eigenvalue weighted by molar-refractivity contribution is 5.70. The van der Waals surface area contributed by atoms with E-state index in [1.807, 2.05) is 51.1 Å². The van der Waals surface area contributed by atoms with Crippen LogP contribution >= 0.6 is 0 Å². The maximum absolute atomic E-state index is 12.4. The first kappa shape index (κ1) is 19.1. The third-order valence-electron chi connectivity index (χ3n) is 4.34. The molecule has 138 valence electrons. The van der Waals surface area contributed by atoms with E-state index in [4.69, 9.17) is 4.74 Å². The molecular formula is C18H26N2O5. The van der Waals surface area contributed by atoms with E-state index < -0.39 is 23.8 Å². The first-order chi connectivity index (χ1) is 11.7. The van der Waals surface area contributed by atoms with Crippen molar-refractivity contribution >= 4 is 12.2 Å². The number of amides is 2. The topological polar surface area (TPSA) is 90.3 Å². The summed E-state index contributed by atoms with van der Waals surface area (Å²) in [6, 6.07) is 8.49. The van der Waals surface area contributed by atoms with Crippen LogP contribution < -0.4 is 0 Å². The van der Waals surface area contributed by atoms with Crippen molar-refractivity contribution in [2.24, 2.45) is 0 Å². The molecule has 1 aromatic carbocycles. The molecular weight excluding hydrogens is 324 g/mol. The summed E-state index contributed by atoms with van der Waals surface area (Å²) in [5.74, 6) is 0. The number of likely N-dealkylation sites (tertiary alicyclic amines) is 1. The molecule has 7 nitrogen and oxygen atoms in total. The quantitative estimate of drug-likeness (QED) is 0.871. The van der Waals surface area contributed by atoms with Gasteiger partial charge < -0.3 is 19.8 Å². The molecule has 1 aliphatic rings. The molecule has 2 N–H and O–H groups in total. The Labute approximate surface area is 147 Å². The normalized spacial score (nSPS) is 20.4. The number of aliphatic hydroxyl groups excluding tert-OH is 1. The Bertz CT molecular complexity index is 599. The van der Waals surface area contributed by atoms with Gasteiger partial charge >= 0.3 is 12.2 Å². The number of carbonyl (C=O) groups is 2. The summed E-state index contributed by atoms with van der Waals surface area (Å²) in [5.41, 5.74) is 0.273. The van der Waals surface area contributed by atoms with Crippen LogP contribution in [0.5, 0.6) is 0 Å². The Morgan fingerprint density at radius 2 is 1.92 bits per heavy atom. The zero-order valence-corrected chi connectivity index (χ0v) is 14.9. The summed E-state index contributed by atoms with van der Waals surface area (Å²) in [4.78, 5) is 26.8. The Morgan fingerprint density at radius 3 is 2.44 bits per heavy atom. The highest BCUT2D eigenvalue weighted by atomic mass is 16.6. The van der Waals surface area contributed by atoms with Gasteiger partial charge in [0.15, 0.2) is 0 Å². The molecule has 0 spiro atoms. The molecule has 1 aliphatic heterocycles. The number of nitrogens with zero attached hydrogens (tertiary/aromatic N) is 2. The van der Waals surface area contributed by atoms with Crippen molar-refractivity contribution in [3.8, 4) is 0 Å². The van der Waals surface area contributed by atoms with E-state index in [1.165, 1.54) is 9.80 Å². The standard InChI is InChI=1S/C18H26N2O5/c1-18(2,3)20(16(22)23)14-9-15(11-21)19(10-14)17(24)25-12-13-7-5-4-6-8-13/h4-8,14-15,21H,9-12H2,1-3H3,(H,22,23)/t14-,15-/m1/s1. The van der Waals surface area contributed by atoms with E-state index in [0.29, 0.717) is 6.42 Å². The van der Waals surface area contributed by atoms with Crippen LogP contribution in [0.4, 0.5) is 9.59 Å². The first-order valence-electron chi connectivity index (χ1n) is 8.34. The molecule has 0 saturated carbocycles. The second-order valence-electron chi connectivity index (χ2n) is 7.24.